The van der Waals surface area contributed by atoms with E-state index in [1.54, 1.807) is 0 Å². The Kier molecular flexibility index (Phi) is 5.83. The van der Waals surface area contributed by atoms with E-state index in [1.807, 2.05) is 6.92 Å². The first kappa shape index (κ1) is 16.8. The summed E-state index contributed by atoms with van der Waals surface area (Å²) < 4.78 is 43.3. The third-order valence-corrected chi connectivity index (χ3v) is 3.27. The molecule has 0 spiro atoms. The van der Waals surface area contributed by atoms with E-state index in [-0.39, 0.29) is 18.9 Å². The standard InChI is InChI=1S/C14H20F3NO2/c1-2-13(19,10-18)8-5-9-20-12-7-4-3-6-11(12)14(15,16)17/h3-4,6-7,19H,2,5,8-10,18H2,1H3. The molecule has 0 amide bonds. The Hall–Kier alpha value is -1.27. The second-order valence-electron chi connectivity index (χ2n) is 4.73. The average molecular weight is 291 g/mol. The van der Waals surface area contributed by atoms with Crippen molar-refractivity contribution in [2.75, 3.05) is 13.2 Å². The minimum absolute atomic E-state index is 0.107. The van der Waals surface area contributed by atoms with Gasteiger partial charge >= 0.3 is 6.18 Å². The molecule has 3 nitrogen and oxygen atoms in total. The number of aliphatic hydroxyl groups is 1. The van der Waals surface area contributed by atoms with Crippen LogP contribution in [0.4, 0.5) is 13.2 Å². The molecule has 1 rings (SSSR count). The number of alkyl halides is 3. The summed E-state index contributed by atoms with van der Waals surface area (Å²) >= 11 is 0. The maximum Gasteiger partial charge on any atom is 0.419 e. The van der Waals surface area contributed by atoms with Crippen LogP contribution in [0.1, 0.15) is 31.7 Å². The summed E-state index contributed by atoms with van der Waals surface area (Å²) in [6, 6.07) is 5.09. The van der Waals surface area contributed by atoms with Crippen LogP contribution in [0.3, 0.4) is 0 Å². The Morgan fingerprint density at radius 3 is 2.45 bits per heavy atom. The summed E-state index contributed by atoms with van der Waals surface area (Å²) in [5.74, 6) is -0.187. The lowest BCUT2D eigenvalue weighted by molar-refractivity contribution is -0.139. The summed E-state index contributed by atoms with van der Waals surface area (Å²) in [5, 5.41) is 9.95. The van der Waals surface area contributed by atoms with E-state index in [1.165, 1.54) is 18.2 Å². The van der Waals surface area contributed by atoms with Gasteiger partial charge in [-0.3, -0.25) is 0 Å². The van der Waals surface area contributed by atoms with Gasteiger partial charge in [-0.2, -0.15) is 13.2 Å². The average Bonchev–Trinajstić information content (AvgIpc) is 2.43. The zero-order chi connectivity index (χ0) is 15.2. The predicted octanol–water partition coefficient (Wildman–Crippen LogP) is 2.96. The van der Waals surface area contributed by atoms with E-state index in [2.05, 4.69) is 0 Å². The lowest BCUT2D eigenvalue weighted by Gasteiger charge is -2.24. The van der Waals surface area contributed by atoms with Crippen LogP contribution in [0.15, 0.2) is 24.3 Å². The molecule has 20 heavy (non-hydrogen) atoms. The fourth-order valence-corrected chi connectivity index (χ4v) is 1.83. The van der Waals surface area contributed by atoms with E-state index >= 15 is 0 Å². The third-order valence-electron chi connectivity index (χ3n) is 3.27. The van der Waals surface area contributed by atoms with Crippen molar-refractivity contribution < 1.29 is 23.0 Å². The molecule has 0 aliphatic rings. The fraction of sp³-hybridized carbons (Fsp3) is 0.571. The summed E-state index contributed by atoms with van der Waals surface area (Å²) in [4.78, 5) is 0. The number of benzene rings is 1. The topological polar surface area (TPSA) is 55.5 Å². The Labute approximate surface area is 116 Å². The van der Waals surface area contributed by atoms with Crippen molar-refractivity contribution in [3.05, 3.63) is 29.8 Å². The molecule has 0 fully saturated rings. The van der Waals surface area contributed by atoms with Crippen molar-refractivity contribution >= 4 is 0 Å². The van der Waals surface area contributed by atoms with Crippen molar-refractivity contribution in [1.29, 1.82) is 0 Å². The van der Waals surface area contributed by atoms with Gasteiger partial charge in [0.25, 0.3) is 0 Å². The maximum absolute atomic E-state index is 12.7. The SMILES string of the molecule is CCC(O)(CN)CCCOc1ccccc1C(F)(F)F. The van der Waals surface area contributed by atoms with E-state index < -0.39 is 17.3 Å². The van der Waals surface area contributed by atoms with E-state index in [9.17, 15) is 18.3 Å². The van der Waals surface area contributed by atoms with Gasteiger partial charge in [0.1, 0.15) is 5.75 Å². The highest BCUT2D eigenvalue weighted by Crippen LogP contribution is 2.35. The monoisotopic (exact) mass is 291 g/mol. The molecule has 1 aromatic carbocycles. The quantitative estimate of drug-likeness (QED) is 0.759. The molecule has 1 unspecified atom stereocenters. The molecule has 6 heteroatoms. The third kappa shape index (κ3) is 4.68. The highest BCUT2D eigenvalue weighted by Gasteiger charge is 2.34. The second-order valence-corrected chi connectivity index (χ2v) is 4.73. The Morgan fingerprint density at radius 2 is 1.90 bits per heavy atom. The van der Waals surface area contributed by atoms with E-state index in [4.69, 9.17) is 10.5 Å². The lowest BCUT2D eigenvalue weighted by Crippen LogP contribution is -2.37. The normalized spacial score (nSPS) is 14.9. The molecule has 1 atom stereocenters. The lowest BCUT2D eigenvalue weighted by atomic mass is 9.95. The van der Waals surface area contributed by atoms with Crippen molar-refractivity contribution in [3.63, 3.8) is 0 Å². The van der Waals surface area contributed by atoms with Gasteiger partial charge < -0.3 is 15.6 Å². The van der Waals surface area contributed by atoms with Crippen LogP contribution < -0.4 is 10.5 Å². The molecule has 0 bridgehead atoms. The molecular weight excluding hydrogens is 271 g/mol. The van der Waals surface area contributed by atoms with Crippen LogP contribution >= 0.6 is 0 Å². The van der Waals surface area contributed by atoms with Crippen LogP contribution in [0.25, 0.3) is 0 Å². The summed E-state index contributed by atoms with van der Waals surface area (Å²) in [5.41, 5.74) is 3.70. The molecule has 0 aliphatic heterocycles. The molecule has 0 heterocycles. The number of hydrogen-bond acceptors (Lipinski definition) is 3. The first-order valence-electron chi connectivity index (χ1n) is 6.54. The molecule has 3 N–H and O–H groups in total. The summed E-state index contributed by atoms with van der Waals surface area (Å²) in [7, 11) is 0. The second kappa shape index (κ2) is 6.95. The van der Waals surface area contributed by atoms with Gasteiger partial charge in [0.15, 0.2) is 0 Å². The molecule has 0 aromatic heterocycles. The van der Waals surface area contributed by atoms with E-state index in [0.717, 1.165) is 6.07 Å². The fourth-order valence-electron chi connectivity index (χ4n) is 1.83. The van der Waals surface area contributed by atoms with Crippen LogP contribution in [0.2, 0.25) is 0 Å². The van der Waals surface area contributed by atoms with Gasteiger partial charge in [0.2, 0.25) is 0 Å². The number of rotatable bonds is 7. The van der Waals surface area contributed by atoms with Gasteiger partial charge in [-0.1, -0.05) is 19.1 Å². The van der Waals surface area contributed by atoms with Gasteiger partial charge in [-0.15, -0.1) is 0 Å². The minimum Gasteiger partial charge on any atom is -0.493 e. The van der Waals surface area contributed by atoms with Gasteiger partial charge in [0, 0.05) is 6.54 Å². The first-order valence-corrected chi connectivity index (χ1v) is 6.54. The number of para-hydroxylation sites is 1. The van der Waals surface area contributed by atoms with Gasteiger partial charge in [-0.25, -0.2) is 0 Å². The zero-order valence-corrected chi connectivity index (χ0v) is 11.4. The molecule has 0 aliphatic carbocycles. The van der Waals surface area contributed by atoms with Crippen LogP contribution in [0, 0.1) is 0 Å². The molecule has 0 saturated carbocycles. The number of nitrogens with two attached hydrogens (primary N) is 1. The summed E-state index contributed by atoms with van der Waals surface area (Å²) in [6.07, 6.45) is -3.09. The molecule has 0 radical (unpaired) electrons. The Morgan fingerprint density at radius 1 is 1.25 bits per heavy atom. The van der Waals surface area contributed by atoms with Crippen LogP contribution in [-0.2, 0) is 6.18 Å². The van der Waals surface area contributed by atoms with Crippen LogP contribution in [-0.4, -0.2) is 23.9 Å². The van der Waals surface area contributed by atoms with Crippen LogP contribution in [0.5, 0.6) is 5.75 Å². The Balaban J connectivity index is 2.55. The van der Waals surface area contributed by atoms with Crippen molar-refractivity contribution in [1.82, 2.24) is 0 Å². The van der Waals surface area contributed by atoms with Crippen molar-refractivity contribution in [2.45, 2.75) is 38.0 Å². The number of hydrogen-bond donors (Lipinski definition) is 2. The van der Waals surface area contributed by atoms with Gasteiger partial charge in [0.05, 0.1) is 17.8 Å². The van der Waals surface area contributed by atoms with Crippen molar-refractivity contribution in [3.8, 4) is 5.75 Å². The minimum atomic E-state index is -4.43. The predicted molar refractivity (Wildman–Crippen MR) is 70.5 cm³/mol. The highest BCUT2D eigenvalue weighted by molar-refractivity contribution is 5.35. The van der Waals surface area contributed by atoms with Crippen molar-refractivity contribution in [2.24, 2.45) is 5.73 Å². The van der Waals surface area contributed by atoms with E-state index in [0.29, 0.717) is 19.3 Å². The molecular formula is C14H20F3NO2. The highest BCUT2D eigenvalue weighted by atomic mass is 19.4. The maximum atomic E-state index is 12.7. The van der Waals surface area contributed by atoms with Gasteiger partial charge in [-0.05, 0) is 31.4 Å². The largest absolute Gasteiger partial charge is 0.493 e. The smallest absolute Gasteiger partial charge is 0.419 e. The molecule has 0 saturated heterocycles. The summed E-state index contributed by atoms with van der Waals surface area (Å²) in [6.45, 7) is 2.05. The zero-order valence-electron chi connectivity index (χ0n) is 11.4. The molecule has 114 valence electrons. The first-order chi connectivity index (χ1) is 9.32. The number of ether oxygens (including phenoxy) is 1. The Bertz CT molecular complexity index is 417. The number of halogens is 3. The molecule has 1 aromatic rings.